The molecule has 0 aromatic carbocycles. The Labute approximate surface area is 372 Å². The van der Waals surface area contributed by atoms with Gasteiger partial charge in [-0.3, -0.25) is 4.79 Å². The summed E-state index contributed by atoms with van der Waals surface area (Å²) in [4.78, 5) is 33.1. The van der Waals surface area contributed by atoms with Gasteiger partial charge in [-0.25, -0.2) is 4.79 Å². The summed E-state index contributed by atoms with van der Waals surface area (Å²) in [6.45, 7) is 8.29. The molecule has 0 aromatic rings. The van der Waals surface area contributed by atoms with Crippen LogP contribution in [0.5, 0.6) is 0 Å². The van der Waals surface area contributed by atoms with Gasteiger partial charge in [0.1, 0.15) is 42.7 Å². The van der Waals surface area contributed by atoms with E-state index in [4.69, 9.17) is 57.6 Å². The van der Waals surface area contributed by atoms with Crippen LogP contribution >= 0.6 is 0 Å². The van der Waals surface area contributed by atoms with E-state index in [1.807, 2.05) is 6.92 Å². The van der Waals surface area contributed by atoms with Crippen LogP contribution in [0.25, 0.3) is 31.3 Å². The number of azide groups is 3. The minimum Gasteiger partial charge on any atom is -0.479 e. The molecule has 366 valence electrons. The zero-order valence-electron chi connectivity index (χ0n) is 36.6. The molecule has 0 spiro atoms. The number of aliphatic hydroxyl groups is 5. The number of methoxy groups -OCH3 is 1. The van der Waals surface area contributed by atoms with Gasteiger partial charge in [0, 0.05) is 33.7 Å². The number of nitrogens with zero attached hydrogens (tertiary/aromatic N) is 9. The van der Waals surface area contributed by atoms with E-state index in [1.165, 1.54) is 14.0 Å². The fourth-order valence-corrected chi connectivity index (χ4v) is 9.00. The van der Waals surface area contributed by atoms with Gasteiger partial charge in [0.15, 0.2) is 37.6 Å². The van der Waals surface area contributed by atoms with Crippen molar-refractivity contribution in [2.24, 2.45) is 50.9 Å². The van der Waals surface area contributed by atoms with Crippen molar-refractivity contribution in [3.8, 4) is 0 Å². The molecule has 0 radical (unpaired) electrons. The van der Waals surface area contributed by atoms with E-state index in [0.717, 1.165) is 0 Å². The van der Waals surface area contributed by atoms with Crippen LogP contribution < -0.4 is 0 Å². The number of ether oxygens (including phenoxy) is 11. The number of carbonyl (C=O) groups excluding carboxylic acids is 1. The maximum absolute atomic E-state index is 12.7. The largest absolute Gasteiger partial charge is 0.479 e. The van der Waals surface area contributed by atoms with Gasteiger partial charge < -0.3 is 82.7 Å². The molecule has 0 saturated carbocycles. The van der Waals surface area contributed by atoms with Gasteiger partial charge >= 0.3 is 5.97 Å². The number of hydrogen-bond donors (Lipinski definition) is 6. The van der Waals surface area contributed by atoms with Crippen LogP contribution in [0.15, 0.2) is 15.3 Å². The predicted molar refractivity (Wildman–Crippen MR) is 212 cm³/mol. The Hall–Kier alpha value is -3.73. The van der Waals surface area contributed by atoms with Crippen molar-refractivity contribution in [2.45, 2.75) is 158 Å². The summed E-state index contributed by atoms with van der Waals surface area (Å²) < 4.78 is 64.7. The number of carboxylic acids is 1. The number of aliphatic hydroxyl groups excluding tert-OH is 5. The van der Waals surface area contributed by atoms with E-state index in [1.54, 1.807) is 27.7 Å². The maximum Gasteiger partial charge on any atom is 0.335 e. The van der Waals surface area contributed by atoms with Crippen LogP contribution in [-0.4, -0.2) is 187 Å². The van der Waals surface area contributed by atoms with Crippen LogP contribution in [0.3, 0.4) is 0 Å². The summed E-state index contributed by atoms with van der Waals surface area (Å²) in [6.07, 6.45) is -22.2. The molecule has 65 heavy (non-hydrogen) atoms. The van der Waals surface area contributed by atoms with Crippen molar-refractivity contribution in [1.29, 1.82) is 0 Å². The third-order valence-electron chi connectivity index (χ3n) is 13.3. The molecule has 5 saturated heterocycles. The van der Waals surface area contributed by atoms with Crippen LogP contribution in [-0.2, 0) is 61.7 Å². The molecule has 28 heteroatoms. The van der Waals surface area contributed by atoms with Crippen molar-refractivity contribution in [3.05, 3.63) is 31.3 Å². The van der Waals surface area contributed by atoms with Crippen LogP contribution in [0.4, 0.5) is 0 Å². The normalized spacial score (nSPS) is 46.7. The molecule has 6 N–H and O–H groups in total. The Morgan fingerprint density at radius 3 is 1.63 bits per heavy atom. The van der Waals surface area contributed by atoms with Crippen LogP contribution in [0.1, 0.15) is 41.5 Å². The van der Waals surface area contributed by atoms with Crippen molar-refractivity contribution < 1.29 is 92.3 Å². The number of rotatable bonds is 18. The highest BCUT2D eigenvalue weighted by molar-refractivity contribution is 5.73. The summed E-state index contributed by atoms with van der Waals surface area (Å²) in [6, 6.07) is -3.47. The van der Waals surface area contributed by atoms with Crippen molar-refractivity contribution >= 4 is 12.4 Å². The smallest absolute Gasteiger partial charge is 0.335 e. The summed E-state index contributed by atoms with van der Waals surface area (Å²) in [5.41, 5.74) is 28.0. The van der Waals surface area contributed by atoms with Gasteiger partial charge in [-0.2, -0.15) is 0 Å². The second-order valence-electron chi connectivity index (χ2n) is 16.9. The predicted octanol–water partition coefficient (Wildman–Crippen LogP) is 0.565. The Morgan fingerprint density at radius 1 is 0.554 bits per heavy atom. The lowest BCUT2D eigenvalue weighted by molar-refractivity contribution is -0.385. The molecule has 5 heterocycles. The average Bonchev–Trinajstić information content (AvgIpc) is 3.29. The first-order chi connectivity index (χ1) is 31.0. The van der Waals surface area contributed by atoms with Crippen LogP contribution in [0.2, 0.25) is 0 Å². The van der Waals surface area contributed by atoms with Crippen LogP contribution in [0, 0.1) is 35.5 Å². The first-order valence-corrected chi connectivity index (χ1v) is 21.1. The summed E-state index contributed by atoms with van der Waals surface area (Å²) in [5.74, 6) is -5.15. The van der Waals surface area contributed by atoms with Gasteiger partial charge in [0.2, 0.25) is 6.29 Å². The molecular weight excluding hydrogens is 874 g/mol. The van der Waals surface area contributed by atoms with E-state index in [2.05, 4.69) is 30.1 Å². The van der Waals surface area contributed by atoms with E-state index >= 15 is 0 Å². The molecule has 0 bridgehead atoms. The Morgan fingerprint density at radius 2 is 1.06 bits per heavy atom. The minimum atomic E-state index is -1.83. The lowest BCUT2D eigenvalue weighted by Crippen LogP contribution is -2.65. The molecule has 0 aromatic heterocycles. The lowest BCUT2D eigenvalue weighted by atomic mass is 9.81. The van der Waals surface area contributed by atoms with Gasteiger partial charge in [-0.05, 0) is 40.3 Å². The van der Waals surface area contributed by atoms with Gasteiger partial charge in [-0.15, -0.1) is 0 Å². The van der Waals surface area contributed by atoms with E-state index in [-0.39, 0.29) is 24.9 Å². The van der Waals surface area contributed by atoms with Gasteiger partial charge in [-0.1, -0.05) is 56.9 Å². The molecule has 28 nitrogen and oxygen atoms in total. The highest BCUT2D eigenvalue weighted by atomic mass is 16.8. The first-order valence-electron chi connectivity index (χ1n) is 21.1. The zero-order chi connectivity index (χ0) is 47.9. The number of hydrogen-bond acceptors (Lipinski definition) is 21. The quantitative estimate of drug-likeness (QED) is 0.0473. The molecular formula is C37H59N9O19. The molecule has 5 rings (SSSR count). The fraction of sp³-hybridized carbons (Fsp3) is 0.946. The molecule has 0 aliphatic carbocycles. The summed E-state index contributed by atoms with van der Waals surface area (Å²) >= 11 is 0. The van der Waals surface area contributed by atoms with Crippen molar-refractivity contribution in [1.82, 2.24) is 0 Å². The molecule has 25 atom stereocenters. The zero-order valence-corrected chi connectivity index (χ0v) is 36.6. The third kappa shape index (κ3) is 11.0. The summed E-state index contributed by atoms with van der Waals surface area (Å²) in [7, 11) is 1.32. The topological polar surface area (TPSA) is 403 Å². The van der Waals surface area contributed by atoms with Gasteiger partial charge in [0.25, 0.3) is 6.47 Å². The number of carboxylic acid groups (broad SMARTS) is 1. The summed E-state index contributed by atoms with van der Waals surface area (Å²) in [5, 5.41) is 75.5. The molecule has 5 fully saturated rings. The second kappa shape index (κ2) is 23.3. The third-order valence-corrected chi connectivity index (χ3v) is 13.3. The highest BCUT2D eigenvalue weighted by Gasteiger charge is 2.56. The fourth-order valence-electron chi connectivity index (χ4n) is 9.00. The van der Waals surface area contributed by atoms with Crippen molar-refractivity contribution in [2.75, 3.05) is 26.9 Å². The number of aliphatic carboxylic acids is 1. The standard InChI is InChI=1S/C37H59N9O19/c1-12-13(2)21(41-44-38)34(57-18(12)8-47)61-27-14(3)15(4)32(64-30(27)31(53)54)63-29-20(10-49)59-35(23(25(29)52)43-46-40)62-28-17(6)24(51)36(65-37(28)56-11-50)60-26-16(5)22(42-45-39)33(55-7)58-19(26)9-48/h11-30,32-37,47-49,51-52H,8-10H2,1-7H3,(H,53,54)/t12-,13+,14-,15?,16-,17-,18?,19?,20?,21?,22?,23?,24?,25-,26-,27-,28-,29+,30?,32-,33-,34+,35+,36-,37?/m1/s1. The monoisotopic (exact) mass is 933 g/mol. The highest BCUT2D eigenvalue weighted by Crippen LogP contribution is 2.42. The minimum absolute atomic E-state index is 0.0357. The Bertz CT molecular complexity index is 1740. The van der Waals surface area contributed by atoms with E-state index in [9.17, 15) is 51.3 Å². The van der Waals surface area contributed by atoms with Gasteiger partial charge in [0.05, 0.1) is 50.2 Å². The first kappa shape index (κ1) is 52.2. The second-order valence-corrected chi connectivity index (χ2v) is 16.9. The Balaban J connectivity index is 1.32. The Kier molecular flexibility index (Phi) is 18.7. The molecule has 10 unspecified atom stereocenters. The number of carbonyl (C=O) groups is 2. The van der Waals surface area contributed by atoms with E-state index < -0.39 is 160 Å². The maximum atomic E-state index is 12.7. The average molecular weight is 934 g/mol. The molecule has 5 aliphatic heterocycles. The van der Waals surface area contributed by atoms with E-state index in [0.29, 0.717) is 0 Å². The van der Waals surface area contributed by atoms with Crippen molar-refractivity contribution in [3.63, 3.8) is 0 Å². The SMILES string of the molecule is CO[C@@H]1OC(CO)[C@H](O[C@@H]2OC(OC=O)[C@H](O[C@@H]3OC(CO)[C@H](O[C@@H]4OC(C(=O)O)[C@H](O[C@@H]5OC(CO)[C@H](C)[C@H](C)C5N=[N+]=[N-])[C@H](C)C4C)[C@H](O)C3N=[N+]=[N-])[C@H](C)C2O)[C@H](C)C1N=[N+]=[N-]. The molecule has 5 aliphatic rings. The molecule has 0 amide bonds. The lowest BCUT2D eigenvalue weighted by Gasteiger charge is -2.50.